The second-order valence-electron chi connectivity index (χ2n) is 3.76. The standard InChI is InChI=1S/C13H6Cl4F2/c14-8-2-1-6(13(18)19)5-7(8)11-9(15)3-4-10(16)12(11)17/h1-5,13H. The summed E-state index contributed by atoms with van der Waals surface area (Å²) in [6.07, 6.45) is -2.60. The fourth-order valence-corrected chi connectivity index (χ4v) is 2.59. The lowest BCUT2D eigenvalue weighted by atomic mass is 10.0. The van der Waals surface area contributed by atoms with Crippen LogP contribution in [0, 0.1) is 0 Å². The van der Waals surface area contributed by atoms with Crippen molar-refractivity contribution in [1.82, 2.24) is 0 Å². The lowest BCUT2D eigenvalue weighted by molar-refractivity contribution is 0.151. The minimum atomic E-state index is -2.60. The molecule has 6 heteroatoms. The van der Waals surface area contributed by atoms with Crippen molar-refractivity contribution in [2.24, 2.45) is 0 Å². The average molecular weight is 342 g/mol. The van der Waals surface area contributed by atoms with E-state index in [2.05, 4.69) is 0 Å². The Morgan fingerprint density at radius 2 is 1.37 bits per heavy atom. The van der Waals surface area contributed by atoms with Crippen LogP contribution in [0.5, 0.6) is 0 Å². The Kier molecular flexibility index (Phi) is 4.57. The van der Waals surface area contributed by atoms with Crippen LogP contribution in [0.1, 0.15) is 12.0 Å². The highest BCUT2D eigenvalue weighted by molar-refractivity contribution is 6.46. The van der Waals surface area contributed by atoms with Crippen molar-refractivity contribution < 1.29 is 8.78 Å². The number of alkyl halides is 2. The van der Waals surface area contributed by atoms with Crippen molar-refractivity contribution in [2.75, 3.05) is 0 Å². The van der Waals surface area contributed by atoms with Crippen molar-refractivity contribution in [3.8, 4) is 11.1 Å². The minimum absolute atomic E-state index is 0.161. The van der Waals surface area contributed by atoms with Crippen LogP contribution in [-0.4, -0.2) is 0 Å². The monoisotopic (exact) mass is 340 g/mol. The van der Waals surface area contributed by atoms with Crippen LogP contribution in [0.4, 0.5) is 8.78 Å². The number of halogens is 6. The topological polar surface area (TPSA) is 0 Å². The lowest BCUT2D eigenvalue weighted by Crippen LogP contribution is -1.89. The van der Waals surface area contributed by atoms with Gasteiger partial charge in [-0.15, -0.1) is 0 Å². The van der Waals surface area contributed by atoms with Crippen LogP contribution in [0.2, 0.25) is 20.1 Å². The largest absolute Gasteiger partial charge is 0.263 e. The van der Waals surface area contributed by atoms with Crippen LogP contribution < -0.4 is 0 Å². The van der Waals surface area contributed by atoms with Crippen molar-refractivity contribution in [3.05, 3.63) is 56.0 Å². The smallest absolute Gasteiger partial charge is 0.205 e. The van der Waals surface area contributed by atoms with Crippen LogP contribution >= 0.6 is 46.4 Å². The fraction of sp³-hybridized carbons (Fsp3) is 0.0769. The van der Waals surface area contributed by atoms with E-state index in [1.807, 2.05) is 0 Å². The van der Waals surface area contributed by atoms with E-state index in [1.54, 1.807) is 0 Å². The van der Waals surface area contributed by atoms with Gasteiger partial charge in [0.25, 0.3) is 6.43 Å². The van der Waals surface area contributed by atoms with Crippen LogP contribution in [0.15, 0.2) is 30.3 Å². The van der Waals surface area contributed by atoms with E-state index in [1.165, 1.54) is 30.3 Å². The van der Waals surface area contributed by atoms with E-state index < -0.39 is 6.43 Å². The summed E-state index contributed by atoms with van der Waals surface area (Å²) in [6.45, 7) is 0. The molecule has 0 amide bonds. The molecule has 2 aromatic rings. The summed E-state index contributed by atoms with van der Waals surface area (Å²) in [5.74, 6) is 0. The summed E-state index contributed by atoms with van der Waals surface area (Å²) < 4.78 is 25.5. The van der Waals surface area contributed by atoms with E-state index in [0.717, 1.165) is 0 Å². The third-order valence-electron chi connectivity index (χ3n) is 2.56. The highest BCUT2D eigenvalue weighted by atomic mass is 35.5. The molecule has 0 spiro atoms. The first kappa shape index (κ1) is 14.9. The average Bonchev–Trinajstić information content (AvgIpc) is 2.36. The molecule has 0 bridgehead atoms. The normalized spacial score (nSPS) is 11.1. The van der Waals surface area contributed by atoms with E-state index in [-0.39, 0.29) is 20.6 Å². The molecule has 2 rings (SSSR count). The van der Waals surface area contributed by atoms with Gasteiger partial charge in [0, 0.05) is 21.7 Å². The molecule has 0 aliphatic heterocycles. The highest BCUT2D eigenvalue weighted by Gasteiger charge is 2.17. The minimum Gasteiger partial charge on any atom is -0.205 e. The van der Waals surface area contributed by atoms with Crippen molar-refractivity contribution in [2.45, 2.75) is 6.43 Å². The molecule has 0 radical (unpaired) electrons. The number of benzene rings is 2. The van der Waals surface area contributed by atoms with Crippen LogP contribution in [-0.2, 0) is 0 Å². The fourth-order valence-electron chi connectivity index (χ4n) is 1.64. The second-order valence-corrected chi connectivity index (χ2v) is 5.36. The molecular formula is C13H6Cl4F2. The molecule has 2 aromatic carbocycles. The molecule has 0 unspecified atom stereocenters. The number of hydrogen-bond donors (Lipinski definition) is 0. The van der Waals surface area contributed by atoms with Gasteiger partial charge in [-0.25, -0.2) is 8.78 Å². The third kappa shape index (κ3) is 2.97. The van der Waals surface area contributed by atoms with Gasteiger partial charge in [0.2, 0.25) is 0 Å². The molecule has 0 heterocycles. The van der Waals surface area contributed by atoms with E-state index in [9.17, 15) is 8.78 Å². The van der Waals surface area contributed by atoms with Crippen LogP contribution in [0.3, 0.4) is 0 Å². The Labute approximate surface area is 128 Å². The molecule has 100 valence electrons. The molecule has 0 aliphatic rings. The molecule has 0 saturated carbocycles. The first-order chi connectivity index (χ1) is 8.91. The van der Waals surface area contributed by atoms with E-state index in [0.29, 0.717) is 16.1 Å². The van der Waals surface area contributed by atoms with Crippen molar-refractivity contribution >= 4 is 46.4 Å². The highest BCUT2D eigenvalue weighted by Crippen LogP contribution is 2.42. The van der Waals surface area contributed by atoms with Gasteiger partial charge >= 0.3 is 0 Å². The zero-order chi connectivity index (χ0) is 14.2. The molecule has 0 aromatic heterocycles. The lowest BCUT2D eigenvalue weighted by Gasteiger charge is -2.12. The van der Waals surface area contributed by atoms with Gasteiger partial charge in [0.15, 0.2) is 0 Å². The predicted molar refractivity (Wildman–Crippen MR) is 76.9 cm³/mol. The molecule has 0 aliphatic carbocycles. The summed E-state index contributed by atoms with van der Waals surface area (Å²) in [6, 6.07) is 6.96. The first-order valence-electron chi connectivity index (χ1n) is 5.13. The maximum atomic E-state index is 12.7. The Balaban J connectivity index is 2.71. The zero-order valence-electron chi connectivity index (χ0n) is 9.23. The SMILES string of the molecule is FC(F)c1ccc(Cl)c(-c2c(Cl)ccc(Cl)c2Cl)c1. The Morgan fingerprint density at radius 3 is 2.00 bits per heavy atom. The summed E-state index contributed by atoms with van der Waals surface area (Å²) in [4.78, 5) is 0. The summed E-state index contributed by atoms with van der Waals surface area (Å²) in [5, 5.41) is 1.03. The molecule has 0 saturated heterocycles. The number of rotatable bonds is 2. The molecule has 0 N–H and O–H groups in total. The molecule has 0 fully saturated rings. The van der Waals surface area contributed by atoms with Crippen LogP contribution in [0.25, 0.3) is 11.1 Å². The Morgan fingerprint density at radius 1 is 0.789 bits per heavy atom. The van der Waals surface area contributed by atoms with Crippen molar-refractivity contribution in [3.63, 3.8) is 0 Å². The molecule has 0 atom stereocenters. The van der Waals surface area contributed by atoms with Gasteiger partial charge < -0.3 is 0 Å². The van der Waals surface area contributed by atoms with Gasteiger partial charge in [-0.05, 0) is 24.3 Å². The van der Waals surface area contributed by atoms with E-state index >= 15 is 0 Å². The predicted octanol–water partition coefficient (Wildman–Crippen LogP) is 6.90. The quantitative estimate of drug-likeness (QED) is 0.521. The van der Waals surface area contributed by atoms with E-state index in [4.69, 9.17) is 46.4 Å². The van der Waals surface area contributed by atoms with Crippen molar-refractivity contribution in [1.29, 1.82) is 0 Å². The Bertz CT molecular complexity index is 626. The molecule has 19 heavy (non-hydrogen) atoms. The number of hydrogen-bond acceptors (Lipinski definition) is 0. The van der Waals surface area contributed by atoms with Gasteiger partial charge in [-0.2, -0.15) is 0 Å². The maximum Gasteiger partial charge on any atom is 0.263 e. The third-order valence-corrected chi connectivity index (χ3v) is 4.00. The molecular weight excluding hydrogens is 336 g/mol. The Hall–Kier alpha value is -0.540. The summed E-state index contributed by atoms with van der Waals surface area (Å²) in [7, 11) is 0. The maximum absolute atomic E-state index is 12.7. The summed E-state index contributed by atoms with van der Waals surface area (Å²) >= 11 is 24.1. The first-order valence-corrected chi connectivity index (χ1v) is 6.64. The van der Waals surface area contributed by atoms with Gasteiger partial charge in [-0.1, -0.05) is 52.5 Å². The van der Waals surface area contributed by atoms with Gasteiger partial charge in [0.05, 0.1) is 15.1 Å². The second kappa shape index (κ2) is 5.84. The molecule has 0 nitrogen and oxygen atoms in total. The van der Waals surface area contributed by atoms with Gasteiger partial charge in [0.1, 0.15) is 0 Å². The summed E-state index contributed by atoms with van der Waals surface area (Å²) in [5.41, 5.74) is 0.520. The van der Waals surface area contributed by atoms with Gasteiger partial charge in [-0.3, -0.25) is 0 Å². The zero-order valence-corrected chi connectivity index (χ0v) is 12.3.